The van der Waals surface area contributed by atoms with Crippen molar-refractivity contribution in [1.29, 1.82) is 0 Å². The van der Waals surface area contributed by atoms with Gasteiger partial charge in [-0.25, -0.2) is 0 Å². The first kappa shape index (κ1) is 10.1. The molecule has 15 heavy (non-hydrogen) atoms. The van der Waals surface area contributed by atoms with Crippen molar-refractivity contribution in [2.45, 2.75) is 38.2 Å². The van der Waals surface area contributed by atoms with Crippen molar-refractivity contribution in [1.82, 2.24) is 0 Å². The quantitative estimate of drug-likeness (QED) is 0.785. The molecular formula is C12H16O3. The molecule has 1 aliphatic rings. The van der Waals surface area contributed by atoms with E-state index in [1.807, 2.05) is 0 Å². The molecule has 0 unspecified atom stereocenters. The van der Waals surface area contributed by atoms with Gasteiger partial charge in [0.25, 0.3) is 0 Å². The van der Waals surface area contributed by atoms with Gasteiger partial charge in [0.2, 0.25) is 0 Å². The molecule has 1 aromatic rings. The van der Waals surface area contributed by atoms with Crippen molar-refractivity contribution in [2.75, 3.05) is 0 Å². The van der Waals surface area contributed by atoms with Gasteiger partial charge in [0.05, 0.1) is 6.10 Å². The summed E-state index contributed by atoms with van der Waals surface area (Å²) in [5.74, 6) is 0.640. The molecule has 0 bridgehead atoms. The number of hydrogen-bond donors (Lipinski definition) is 2. The Morgan fingerprint density at radius 3 is 2.13 bits per heavy atom. The van der Waals surface area contributed by atoms with E-state index in [0.29, 0.717) is 5.75 Å². The van der Waals surface area contributed by atoms with Gasteiger partial charge in [0, 0.05) is 18.2 Å². The van der Waals surface area contributed by atoms with Crippen molar-refractivity contribution >= 4 is 0 Å². The zero-order chi connectivity index (χ0) is 10.7. The summed E-state index contributed by atoms with van der Waals surface area (Å²) in [5, 5.41) is 18.6. The highest BCUT2D eigenvalue weighted by Crippen LogP contribution is 2.29. The monoisotopic (exact) mass is 208 g/mol. The van der Waals surface area contributed by atoms with Gasteiger partial charge in [-0.05, 0) is 25.7 Å². The number of benzene rings is 1. The fourth-order valence-electron chi connectivity index (χ4n) is 2.01. The molecule has 1 saturated carbocycles. The van der Waals surface area contributed by atoms with Crippen molar-refractivity contribution in [3.63, 3.8) is 0 Å². The van der Waals surface area contributed by atoms with Crippen LogP contribution in [0.15, 0.2) is 18.2 Å². The second-order valence-corrected chi connectivity index (χ2v) is 4.06. The lowest BCUT2D eigenvalue weighted by atomic mass is 9.98. The largest absolute Gasteiger partial charge is 0.508 e. The SMILES string of the molecule is Oc1cc(O)cc(OC2CCCCC2)c1. The fourth-order valence-corrected chi connectivity index (χ4v) is 2.01. The molecule has 0 heterocycles. The predicted octanol–water partition coefficient (Wildman–Crippen LogP) is 2.81. The van der Waals surface area contributed by atoms with Crippen LogP contribution in [0.5, 0.6) is 17.2 Å². The third-order valence-corrected chi connectivity index (χ3v) is 2.73. The minimum absolute atomic E-state index is 0.0424. The third kappa shape index (κ3) is 2.78. The molecule has 1 aliphatic carbocycles. The van der Waals surface area contributed by atoms with E-state index in [4.69, 9.17) is 4.74 Å². The van der Waals surface area contributed by atoms with Crippen molar-refractivity contribution < 1.29 is 14.9 Å². The third-order valence-electron chi connectivity index (χ3n) is 2.73. The summed E-state index contributed by atoms with van der Waals surface area (Å²) < 4.78 is 5.70. The summed E-state index contributed by atoms with van der Waals surface area (Å²) in [7, 11) is 0. The number of phenols is 2. The van der Waals surface area contributed by atoms with E-state index in [0.717, 1.165) is 12.8 Å². The number of ether oxygens (including phenoxy) is 1. The van der Waals surface area contributed by atoms with E-state index >= 15 is 0 Å². The van der Waals surface area contributed by atoms with Crippen molar-refractivity contribution in [3.8, 4) is 17.2 Å². The summed E-state index contributed by atoms with van der Waals surface area (Å²) >= 11 is 0. The molecular weight excluding hydrogens is 192 g/mol. The molecule has 0 aromatic heterocycles. The maximum Gasteiger partial charge on any atom is 0.127 e. The zero-order valence-corrected chi connectivity index (χ0v) is 8.65. The number of hydrogen-bond acceptors (Lipinski definition) is 3. The molecule has 0 radical (unpaired) electrons. The van der Waals surface area contributed by atoms with Crippen LogP contribution in [-0.2, 0) is 0 Å². The smallest absolute Gasteiger partial charge is 0.127 e. The summed E-state index contributed by atoms with van der Waals surface area (Å²) in [5.41, 5.74) is 0. The Balaban J connectivity index is 2.02. The number of phenolic OH excluding ortho intramolecular Hbond substituents is 2. The molecule has 1 aromatic carbocycles. The molecule has 0 saturated heterocycles. The van der Waals surface area contributed by atoms with Gasteiger partial charge in [-0.2, -0.15) is 0 Å². The van der Waals surface area contributed by atoms with Gasteiger partial charge in [0.15, 0.2) is 0 Å². The van der Waals surface area contributed by atoms with Gasteiger partial charge in [-0.15, -0.1) is 0 Å². The van der Waals surface area contributed by atoms with Crippen molar-refractivity contribution in [3.05, 3.63) is 18.2 Å². The van der Waals surface area contributed by atoms with E-state index in [1.54, 1.807) is 0 Å². The average molecular weight is 208 g/mol. The van der Waals surface area contributed by atoms with Crippen molar-refractivity contribution in [2.24, 2.45) is 0 Å². The van der Waals surface area contributed by atoms with Gasteiger partial charge in [-0.1, -0.05) is 6.42 Å². The Hall–Kier alpha value is -1.38. The Kier molecular flexibility index (Phi) is 2.99. The van der Waals surface area contributed by atoms with Gasteiger partial charge in [-0.3, -0.25) is 0 Å². The summed E-state index contributed by atoms with van der Waals surface area (Å²) in [4.78, 5) is 0. The Morgan fingerprint density at radius 1 is 0.933 bits per heavy atom. The van der Waals surface area contributed by atoms with Crippen LogP contribution in [0.1, 0.15) is 32.1 Å². The Bertz CT molecular complexity index is 309. The Morgan fingerprint density at radius 2 is 1.53 bits per heavy atom. The van der Waals surface area contributed by atoms with E-state index < -0.39 is 0 Å². The van der Waals surface area contributed by atoms with Gasteiger partial charge < -0.3 is 14.9 Å². The van der Waals surface area contributed by atoms with Crippen LogP contribution >= 0.6 is 0 Å². The van der Waals surface area contributed by atoms with Crippen LogP contribution in [0.4, 0.5) is 0 Å². The standard InChI is InChI=1S/C12H16O3/c13-9-6-10(14)8-12(7-9)15-11-4-2-1-3-5-11/h6-8,11,13-14H,1-5H2. The second kappa shape index (κ2) is 4.43. The second-order valence-electron chi connectivity index (χ2n) is 4.06. The molecule has 2 rings (SSSR count). The maximum atomic E-state index is 9.28. The van der Waals surface area contributed by atoms with Gasteiger partial charge >= 0.3 is 0 Å². The van der Waals surface area contributed by atoms with Crippen LogP contribution in [0.25, 0.3) is 0 Å². The lowest BCUT2D eigenvalue weighted by Crippen LogP contribution is -2.19. The lowest BCUT2D eigenvalue weighted by Gasteiger charge is -2.23. The predicted molar refractivity (Wildman–Crippen MR) is 57.3 cm³/mol. The molecule has 3 heteroatoms. The first-order chi connectivity index (χ1) is 7.24. The van der Waals surface area contributed by atoms with E-state index in [2.05, 4.69) is 0 Å². The summed E-state index contributed by atoms with van der Waals surface area (Å²) in [6.45, 7) is 0. The fraction of sp³-hybridized carbons (Fsp3) is 0.500. The molecule has 2 N–H and O–H groups in total. The molecule has 0 aliphatic heterocycles. The van der Waals surface area contributed by atoms with Crippen LogP contribution < -0.4 is 4.74 Å². The van der Waals surface area contributed by atoms with Gasteiger partial charge in [0.1, 0.15) is 17.2 Å². The molecule has 0 amide bonds. The molecule has 3 nitrogen and oxygen atoms in total. The topological polar surface area (TPSA) is 49.7 Å². The Labute approximate surface area is 89.3 Å². The van der Waals surface area contributed by atoms with Crippen LogP contribution in [0, 0.1) is 0 Å². The normalized spacial score (nSPS) is 17.6. The highest BCUT2D eigenvalue weighted by atomic mass is 16.5. The highest BCUT2D eigenvalue weighted by molar-refractivity contribution is 5.40. The number of rotatable bonds is 2. The van der Waals surface area contributed by atoms with E-state index in [-0.39, 0.29) is 17.6 Å². The van der Waals surface area contributed by atoms with Crippen LogP contribution in [0.2, 0.25) is 0 Å². The first-order valence-electron chi connectivity index (χ1n) is 5.44. The molecule has 0 spiro atoms. The minimum atomic E-state index is 0.0424. The molecule has 0 atom stereocenters. The lowest BCUT2D eigenvalue weighted by molar-refractivity contribution is 0.154. The first-order valence-corrected chi connectivity index (χ1v) is 5.44. The average Bonchev–Trinajstić information content (AvgIpc) is 2.17. The highest BCUT2D eigenvalue weighted by Gasteiger charge is 2.15. The molecule has 1 fully saturated rings. The number of aromatic hydroxyl groups is 2. The maximum absolute atomic E-state index is 9.28. The van der Waals surface area contributed by atoms with E-state index in [9.17, 15) is 10.2 Å². The van der Waals surface area contributed by atoms with E-state index in [1.165, 1.54) is 37.5 Å². The summed E-state index contributed by atoms with van der Waals surface area (Å²) in [6.07, 6.45) is 6.06. The zero-order valence-electron chi connectivity index (χ0n) is 8.65. The minimum Gasteiger partial charge on any atom is -0.508 e. The van der Waals surface area contributed by atoms with Crippen LogP contribution in [0.3, 0.4) is 0 Å². The van der Waals surface area contributed by atoms with Crippen LogP contribution in [-0.4, -0.2) is 16.3 Å². The molecule has 82 valence electrons. The summed E-state index contributed by atoms with van der Waals surface area (Å²) in [6, 6.07) is 4.37.